The van der Waals surface area contributed by atoms with E-state index in [1.807, 2.05) is 13.0 Å². The van der Waals surface area contributed by atoms with Gasteiger partial charge in [0.2, 0.25) is 5.95 Å². The van der Waals surface area contributed by atoms with E-state index in [0.29, 0.717) is 23.1 Å². The third-order valence-corrected chi connectivity index (χ3v) is 4.75. The molecule has 1 atom stereocenters. The summed E-state index contributed by atoms with van der Waals surface area (Å²) in [6, 6.07) is 4.61. The first-order chi connectivity index (χ1) is 13.9. The molecule has 0 aliphatic carbocycles. The number of benzene rings is 1. The zero-order chi connectivity index (χ0) is 20.7. The first-order valence-corrected chi connectivity index (χ1v) is 8.91. The smallest absolute Gasteiger partial charge is 0.338 e. The van der Waals surface area contributed by atoms with Gasteiger partial charge in [-0.3, -0.25) is 14.5 Å². The minimum atomic E-state index is -1.14. The number of carboxylic acid groups (broad SMARTS) is 1. The molecule has 0 spiro atoms. The van der Waals surface area contributed by atoms with Crippen molar-refractivity contribution >= 4 is 30.5 Å². The lowest BCUT2D eigenvalue weighted by Gasteiger charge is -2.17. The zero-order valence-electron chi connectivity index (χ0n) is 16.1. The minimum Gasteiger partial charge on any atom is -0.478 e. The highest BCUT2D eigenvalue weighted by Gasteiger charge is 2.20. The fraction of sp³-hybridized carbons (Fsp3) is 0.211. The molecular weight excluding hydrogens is 411 g/mol. The van der Waals surface area contributed by atoms with Crippen LogP contribution in [0.1, 0.15) is 40.9 Å². The highest BCUT2D eigenvalue weighted by atomic mass is 32.1. The summed E-state index contributed by atoms with van der Waals surface area (Å²) in [6.07, 6.45) is 4.44. The summed E-state index contributed by atoms with van der Waals surface area (Å²) >= 11 is 0. The van der Waals surface area contributed by atoms with E-state index < -0.39 is 11.5 Å². The Morgan fingerprint density at radius 3 is 2.70 bits per heavy atom. The number of carbonyl (C=O) groups is 1. The second kappa shape index (κ2) is 8.11. The van der Waals surface area contributed by atoms with Gasteiger partial charge in [-0.05, 0) is 30.5 Å². The number of fused-ring (bicyclic) bond motifs is 1. The third kappa shape index (κ3) is 3.59. The van der Waals surface area contributed by atoms with Crippen molar-refractivity contribution in [2.45, 2.75) is 26.3 Å². The Kier molecular flexibility index (Phi) is 5.74. The number of aromatic nitrogens is 6. The number of rotatable bonds is 5. The van der Waals surface area contributed by atoms with Crippen LogP contribution in [0.4, 0.5) is 4.39 Å². The molecule has 156 valence electrons. The number of hydrogen-bond donors (Lipinski definition) is 2. The highest BCUT2D eigenvalue weighted by Crippen LogP contribution is 2.25. The van der Waals surface area contributed by atoms with Crippen LogP contribution in [-0.4, -0.2) is 40.6 Å². The molecule has 0 aliphatic rings. The molecule has 0 amide bonds. The van der Waals surface area contributed by atoms with Crippen molar-refractivity contribution in [3.8, 4) is 5.95 Å². The monoisotopic (exact) mass is 430 g/mol. The summed E-state index contributed by atoms with van der Waals surface area (Å²) in [5, 5.41) is 17.2. The topological polar surface area (TPSA) is 119 Å². The maximum Gasteiger partial charge on any atom is 0.338 e. The van der Waals surface area contributed by atoms with E-state index in [4.69, 9.17) is 5.11 Å². The number of halogens is 1. The van der Waals surface area contributed by atoms with Crippen LogP contribution >= 0.6 is 13.5 Å². The molecule has 0 saturated heterocycles. The predicted octanol–water partition coefficient (Wildman–Crippen LogP) is 2.56. The van der Waals surface area contributed by atoms with Crippen LogP contribution < -0.4 is 5.56 Å². The Labute approximate surface area is 176 Å². The molecule has 3 aromatic heterocycles. The van der Waals surface area contributed by atoms with Crippen molar-refractivity contribution in [3.63, 3.8) is 0 Å². The van der Waals surface area contributed by atoms with Gasteiger partial charge in [0.15, 0.2) is 5.52 Å². The quantitative estimate of drug-likeness (QED) is 0.502. The molecule has 0 saturated carbocycles. The standard InChI is InChI=1S/C19H17FN6O3.H2S/c1-3-15(11-5-4-10(2)13(20)6-11)26-16-14(8-22-26)23-19(24-17(16)27)25-9-12(7-21-25)18(28)29;/h4-9,15H,3H2,1-2H3,(H,28,29)(H,23,24,27);1H2/t15-;/m0./s1. The second-order valence-corrected chi connectivity index (χ2v) is 6.62. The van der Waals surface area contributed by atoms with Gasteiger partial charge in [0.05, 0.1) is 24.0 Å². The number of H-pyrrole nitrogens is 1. The molecule has 4 aromatic rings. The van der Waals surface area contributed by atoms with E-state index in [1.54, 1.807) is 13.0 Å². The second-order valence-electron chi connectivity index (χ2n) is 6.62. The first-order valence-electron chi connectivity index (χ1n) is 8.91. The SMILES string of the molecule is CC[C@@H](c1ccc(C)c(F)c1)n1ncc2nc(-n3cc(C(=O)O)cn3)[nH]c(=O)c21.S. The molecule has 30 heavy (non-hydrogen) atoms. The van der Waals surface area contributed by atoms with Crippen LogP contribution in [0.15, 0.2) is 41.6 Å². The summed E-state index contributed by atoms with van der Waals surface area (Å²) in [4.78, 5) is 30.7. The van der Waals surface area contributed by atoms with Gasteiger partial charge in [-0.25, -0.2) is 18.9 Å². The molecular formula is C19H19FN6O3S. The summed E-state index contributed by atoms with van der Waals surface area (Å²) in [6.45, 7) is 3.60. The van der Waals surface area contributed by atoms with Gasteiger partial charge < -0.3 is 5.11 Å². The lowest BCUT2D eigenvalue weighted by Crippen LogP contribution is -2.20. The molecule has 0 bridgehead atoms. The summed E-state index contributed by atoms with van der Waals surface area (Å²) in [5.74, 6) is -1.38. The van der Waals surface area contributed by atoms with E-state index >= 15 is 0 Å². The van der Waals surface area contributed by atoms with Crippen molar-refractivity contribution in [1.29, 1.82) is 0 Å². The highest BCUT2D eigenvalue weighted by molar-refractivity contribution is 7.59. The van der Waals surface area contributed by atoms with Crippen LogP contribution in [0.5, 0.6) is 0 Å². The molecule has 2 N–H and O–H groups in total. The lowest BCUT2D eigenvalue weighted by molar-refractivity contribution is 0.0697. The van der Waals surface area contributed by atoms with Gasteiger partial charge >= 0.3 is 5.97 Å². The molecule has 9 nitrogen and oxygen atoms in total. The van der Waals surface area contributed by atoms with Crippen LogP contribution in [-0.2, 0) is 0 Å². The number of hydrogen-bond acceptors (Lipinski definition) is 5. The van der Waals surface area contributed by atoms with E-state index in [0.717, 1.165) is 6.20 Å². The molecule has 4 rings (SSSR count). The molecule has 0 radical (unpaired) electrons. The Hall–Kier alpha value is -3.47. The normalized spacial score (nSPS) is 12.0. The molecule has 3 heterocycles. The predicted molar refractivity (Wildman–Crippen MR) is 112 cm³/mol. The zero-order valence-corrected chi connectivity index (χ0v) is 17.1. The van der Waals surface area contributed by atoms with Gasteiger partial charge in [-0.15, -0.1) is 0 Å². The molecule has 0 fully saturated rings. The van der Waals surface area contributed by atoms with Crippen LogP contribution in [0.25, 0.3) is 17.0 Å². The summed E-state index contributed by atoms with van der Waals surface area (Å²) < 4.78 is 16.8. The Morgan fingerprint density at radius 1 is 1.30 bits per heavy atom. The fourth-order valence-corrected chi connectivity index (χ4v) is 3.22. The maximum absolute atomic E-state index is 14.0. The van der Waals surface area contributed by atoms with E-state index in [9.17, 15) is 14.0 Å². The Morgan fingerprint density at radius 2 is 2.07 bits per heavy atom. The van der Waals surface area contributed by atoms with E-state index in [-0.39, 0.29) is 42.4 Å². The number of nitrogens with zero attached hydrogens (tertiary/aromatic N) is 5. The average molecular weight is 430 g/mol. The molecule has 1 aromatic carbocycles. The van der Waals surface area contributed by atoms with Crippen LogP contribution in [0, 0.1) is 12.7 Å². The summed E-state index contributed by atoms with van der Waals surface area (Å²) in [5.41, 5.74) is 1.31. The number of carboxylic acids is 1. The average Bonchev–Trinajstić information content (AvgIpc) is 3.33. The minimum absolute atomic E-state index is 0. The van der Waals surface area contributed by atoms with E-state index in [1.165, 1.54) is 27.8 Å². The Balaban J connectivity index is 0.00000256. The van der Waals surface area contributed by atoms with Gasteiger partial charge in [-0.1, -0.05) is 19.1 Å². The number of aryl methyl sites for hydroxylation is 1. The molecule has 11 heteroatoms. The van der Waals surface area contributed by atoms with Crippen LogP contribution in [0.2, 0.25) is 0 Å². The van der Waals surface area contributed by atoms with Gasteiger partial charge in [0.1, 0.15) is 11.3 Å². The van der Waals surface area contributed by atoms with Gasteiger partial charge in [0.25, 0.3) is 5.56 Å². The Bertz CT molecular complexity index is 1300. The summed E-state index contributed by atoms with van der Waals surface area (Å²) in [7, 11) is 0. The van der Waals surface area contributed by atoms with Crippen molar-refractivity contribution in [3.05, 3.63) is 69.7 Å². The number of nitrogens with one attached hydrogen (secondary N) is 1. The van der Waals surface area contributed by atoms with Crippen molar-refractivity contribution in [2.75, 3.05) is 0 Å². The van der Waals surface area contributed by atoms with Crippen LogP contribution in [0.3, 0.4) is 0 Å². The lowest BCUT2D eigenvalue weighted by atomic mass is 10.0. The first kappa shape index (κ1) is 21.2. The molecule has 0 unspecified atom stereocenters. The van der Waals surface area contributed by atoms with Gasteiger partial charge in [0, 0.05) is 6.20 Å². The number of aromatic amines is 1. The van der Waals surface area contributed by atoms with Crippen molar-refractivity contribution < 1.29 is 14.3 Å². The van der Waals surface area contributed by atoms with E-state index in [2.05, 4.69) is 20.2 Å². The van der Waals surface area contributed by atoms with Crippen molar-refractivity contribution in [1.82, 2.24) is 29.5 Å². The fourth-order valence-electron chi connectivity index (χ4n) is 3.22. The largest absolute Gasteiger partial charge is 0.478 e. The molecule has 0 aliphatic heterocycles. The van der Waals surface area contributed by atoms with Gasteiger partial charge in [-0.2, -0.15) is 23.7 Å². The third-order valence-electron chi connectivity index (χ3n) is 4.75. The van der Waals surface area contributed by atoms with Crippen molar-refractivity contribution in [2.24, 2.45) is 0 Å². The number of aromatic carboxylic acids is 1. The maximum atomic E-state index is 14.0.